The number of aromatic nitrogens is 1. The van der Waals surface area contributed by atoms with E-state index in [4.69, 9.17) is 0 Å². The number of aryl methyl sites for hydroxylation is 2. The minimum atomic E-state index is -1.12. The number of amides is 3. The van der Waals surface area contributed by atoms with Crippen LogP contribution >= 0.6 is 0 Å². The largest absolute Gasteiger partial charge is 0.493 e. The SMILES string of the molecule is Cc1cccc(NC(=O)Cn2c(O)c(N=NC(=O)C(=O)Nc3ccccc3C)c3ccccc32)c1. The van der Waals surface area contributed by atoms with E-state index in [0.29, 0.717) is 22.3 Å². The summed E-state index contributed by atoms with van der Waals surface area (Å²) < 4.78 is 1.37. The van der Waals surface area contributed by atoms with E-state index in [-0.39, 0.29) is 24.0 Å². The number of nitrogens with one attached hydrogen (secondary N) is 2. The first-order valence-corrected chi connectivity index (χ1v) is 10.8. The topological polar surface area (TPSA) is 125 Å². The number of rotatable bonds is 5. The number of benzene rings is 3. The number of anilines is 2. The lowest BCUT2D eigenvalue weighted by Crippen LogP contribution is -2.21. The highest BCUT2D eigenvalue weighted by Gasteiger charge is 2.20. The smallest absolute Gasteiger partial charge is 0.353 e. The lowest BCUT2D eigenvalue weighted by molar-refractivity contribution is -0.134. The quantitative estimate of drug-likeness (QED) is 0.285. The molecule has 1 heterocycles. The molecule has 0 fully saturated rings. The van der Waals surface area contributed by atoms with Crippen molar-refractivity contribution in [3.63, 3.8) is 0 Å². The number of hydrogen-bond acceptors (Lipinski definition) is 5. The van der Waals surface area contributed by atoms with Crippen LogP contribution in [0, 0.1) is 13.8 Å². The van der Waals surface area contributed by atoms with Crippen LogP contribution in [0.25, 0.3) is 10.9 Å². The van der Waals surface area contributed by atoms with E-state index in [2.05, 4.69) is 20.9 Å². The van der Waals surface area contributed by atoms with Gasteiger partial charge in [-0.25, -0.2) is 0 Å². The molecule has 0 aliphatic heterocycles. The second-order valence-corrected chi connectivity index (χ2v) is 7.97. The molecule has 0 spiro atoms. The maximum Gasteiger partial charge on any atom is 0.353 e. The summed E-state index contributed by atoms with van der Waals surface area (Å²) in [6, 6.07) is 21.2. The van der Waals surface area contributed by atoms with Gasteiger partial charge in [-0.15, -0.1) is 10.2 Å². The van der Waals surface area contributed by atoms with Gasteiger partial charge in [0, 0.05) is 16.8 Å². The number of hydrogen-bond donors (Lipinski definition) is 3. The molecule has 0 aliphatic rings. The zero-order valence-electron chi connectivity index (χ0n) is 19.1. The zero-order chi connectivity index (χ0) is 24.9. The van der Waals surface area contributed by atoms with E-state index >= 15 is 0 Å². The Bertz CT molecular complexity index is 1470. The summed E-state index contributed by atoms with van der Waals surface area (Å²) in [5, 5.41) is 23.9. The summed E-state index contributed by atoms with van der Waals surface area (Å²) >= 11 is 0. The van der Waals surface area contributed by atoms with E-state index in [9.17, 15) is 19.5 Å². The average Bonchev–Trinajstić information content (AvgIpc) is 3.09. The molecular weight excluding hydrogens is 446 g/mol. The highest BCUT2D eigenvalue weighted by atomic mass is 16.3. The maximum atomic E-state index is 12.7. The maximum absolute atomic E-state index is 12.7. The van der Waals surface area contributed by atoms with Crippen molar-refractivity contribution in [1.82, 2.24) is 4.57 Å². The van der Waals surface area contributed by atoms with Crippen LogP contribution in [-0.2, 0) is 20.9 Å². The zero-order valence-corrected chi connectivity index (χ0v) is 19.1. The van der Waals surface area contributed by atoms with E-state index in [0.717, 1.165) is 11.1 Å². The Hall–Kier alpha value is -4.79. The Morgan fingerprint density at radius 3 is 2.43 bits per heavy atom. The van der Waals surface area contributed by atoms with Crippen molar-refractivity contribution in [3.8, 4) is 5.88 Å². The van der Waals surface area contributed by atoms with Crippen LogP contribution in [0.5, 0.6) is 5.88 Å². The number of carbonyl (C=O) groups excluding carboxylic acids is 3. The number of aromatic hydroxyl groups is 1. The van der Waals surface area contributed by atoms with Crippen molar-refractivity contribution in [3.05, 3.63) is 83.9 Å². The second kappa shape index (κ2) is 10.0. The van der Waals surface area contributed by atoms with E-state index in [1.165, 1.54) is 4.57 Å². The van der Waals surface area contributed by atoms with Crippen LogP contribution in [0.2, 0.25) is 0 Å². The van der Waals surface area contributed by atoms with Crippen LogP contribution in [0.3, 0.4) is 0 Å². The summed E-state index contributed by atoms with van der Waals surface area (Å²) in [4.78, 5) is 37.2. The van der Waals surface area contributed by atoms with Gasteiger partial charge in [-0.05, 0) is 49.2 Å². The number of fused-ring (bicyclic) bond motifs is 1. The van der Waals surface area contributed by atoms with Crippen LogP contribution in [-0.4, -0.2) is 27.4 Å². The fourth-order valence-electron chi connectivity index (χ4n) is 3.63. The first-order chi connectivity index (χ1) is 16.8. The molecule has 0 saturated heterocycles. The summed E-state index contributed by atoms with van der Waals surface area (Å²) in [5.74, 6) is -2.78. The Balaban J connectivity index is 1.55. The molecule has 0 atom stereocenters. The number of carbonyl (C=O) groups is 3. The second-order valence-electron chi connectivity index (χ2n) is 7.97. The predicted molar refractivity (Wildman–Crippen MR) is 133 cm³/mol. The summed E-state index contributed by atoms with van der Waals surface area (Å²) in [6.07, 6.45) is 0. The lowest BCUT2D eigenvalue weighted by Gasteiger charge is -2.09. The highest BCUT2D eigenvalue weighted by molar-refractivity contribution is 6.40. The van der Waals surface area contributed by atoms with Gasteiger partial charge in [-0.3, -0.25) is 14.4 Å². The molecule has 0 radical (unpaired) electrons. The summed E-state index contributed by atoms with van der Waals surface area (Å²) in [7, 11) is 0. The molecule has 0 aliphatic carbocycles. The third kappa shape index (κ3) is 5.25. The van der Waals surface area contributed by atoms with Crippen LogP contribution in [0.4, 0.5) is 17.1 Å². The Morgan fingerprint density at radius 2 is 1.66 bits per heavy atom. The number of nitrogens with zero attached hydrogens (tertiary/aromatic N) is 3. The van der Waals surface area contributed by atoms with Gasteiger partial charge < -0.3 is 20.3 Å². The molecule has 0 saturated carbocycles. The van der Waals surface area contributed by atoms with Gasteiger partial charge >= 0.3 is 11.8 Å². The van der Waals surface area contributed by atoms with Crippen molar-refractivity contribution < 1.29 is 19.5 Å². The Labute approximate surface area is 201 Å². The third-order valence-corrected chi connectivity index (χ3v) is 5.35. The van der Waals surface area contributed by atoms with Gasteiger partial charge in [0.1, 0.15) is 6.54 Å². The Morgan fingerprint density at radius 1 is 0.914 bits per heavy atom. The van der Waals surface area contributed by atoms with Crippen LogP contribution < -0.4 is 10.6 Å². The minimum absolute atomic E-state index is 0.0130. The molecule has 0 bridgehead atoms. The van der Waals surface area contributed by atoms with Gasteiger partial charge in [-0.2, -0.15) is 0 Å². The van der Waals surface area contributed by atoms with Gasteiger partial charge in [0.15, 0.2) is 5.69 Å². The van der Waals surface area contributed by atoms with E-state index in [1.54, 1.807) is 55.5 Å². The van der Waals surface area contributed by atoms with E-state index in [1.807, 2.05) is 31.2 Å². The molecular formula is C26H23N5O4. The van der Waals surface area contributed by atoms with Gasteiger partial charge in [-0.1, -0.05) is 48.5 Å². The molecule has 176 valence electrons. The van der Waals surface area contributed by atoms with Crippen LogP contribution in [0.15, 0.2) is 83.0 Å². The molecule has 3 N–H and O–H groups in total. The van der Waals surface area contributed by atoms with Crippen molar-refractivity contribution in [1.29, 1.82) is 0 Å². The first-order valence-electron chi connectivity index (χ1n) is 10.8. The normalized spacial score (nSPS) is 11.0. The Kier molecular flexibility index (Phi) is 6.68. The fraction of sp³-hybridized carbons (Fsp3) is 0.115. The third-order valence-electron chi connectivity index (χ3n) is 5.35. The van der Waals surface area contributed by atoms with E-state index < -0.39 is 11.8 Å². The molecule has 9 nitrogen and oxygen atoms in total. The molecule has 35 heavy (non-hydrogen) atoms. The summed E-state index contributed by atoms with van der Waals surface area (Å²) in [5.41, 5.74) is 3.42. The molecule has 3 amide bonds. The number of para-hydroxylation sites is 2. The number of azo groups is 1. The molecule has 9 heteroatoms. The van der Waals surface area contributed by atoms with Gasteiger partial charge in [0.05, 0.1) is 5.52 Å². The standard InChI is InChI=1S/C26H23N5O4/c1-16-8-7-10-18(14-16)27-22(32)15-31-21-13-6-4-11-19(21)23(26(31)35)29-30-25(34)24(33)28-20-12-5-3-9-17(20)2/h3-14,35H,15H2,1-2H3,(H,27,32)(H,28,33). The fourth-order valence-corrected chi connectivity index (χ4v) is 3.63. The van der Waals surface area contributed by atoms with Gasteiger partial charge in [0.25, 0.3) is 0 Å². The van der Waals surface area contributed by atoms with Crippen LogP contribution in [0.1, 0.15) is 11.1 Å². The first kappa shape index (κ1) is 23.4. The molecule has 4 aromatic rings. The molecule has 4 rings (SSSR count). The van der Waals surface area contributed by atoms with Crippen molar-refractivity contribution in [2.45, 2.75) is 20.4 Å². The molecule has 1 aromatic heterocycles. The molecule has 3 aromatic carbocycles. The summed E-state index contributed by atoms with van der Waals surface area (Å²) in [6.45, 7) is 3.52. The highest BCUT2D eigenvalue weighted by Crippen LogP contribution is 2.38. The molecule has 0 unspecified atom stereocenters. The monoisotopic (exact) mass is 469 g/mol. The average molecular weight is 470 g/mol. The predicted octanol–water partition coefficient (Wildman–Crippen LogP) is 4.85. The van der Waals surface area contributed by atoms with Gasteiger partial charge in [0.2, 0.25) is 11.8 Å². The van der Waals surface area contributed by atoms with Crippen molar-refractivity contribution in [2.24, 2.45) is 10.2 Å². The van der Waals surface area contributed by atoms with Crippen molar-refractivity contribution in [2.75, 3.05) is 10.6 Å². The van der Waals surface area contributed by atoms with Crippen molar-refractivity contribution >= 4 is 45.7 Å². The lowest BCUT2D eigenvalue weighted by atomic mass is 10.2. The minimum Gasteiger partial charge on any atom is -0.493 e.